The summed E-state index contributed by atoms with van der Waals surface area (Å²) in [6.45, 7) is 0. The molecule has 0 radical (unpaired) electrons. The Bertz CT molecular complexity index is 1180. The number of hydrogen-bond acceptors (Lipinski definition) is 5. The fourth-order valence-electron chi connectivity index (χ4n) is 4.44. The van der Waals surface area contributed by atoms with Crippen molar-refractivity contribution >= 4 is 28.1 Å². The number of fused-ring (bicyclic) bond motifs is 3. The predicted molar refractivity (Wildman–Crippen MR) is 106 cm³/mol. The molecule has 1 aliphatic heterocycles. The molecule has 1 unspecified atom stereocenters. The van der Waals surface area contributed by atoms with Crippen LogP contribution in [0, 0.1) is 10.1 Å². The maximum Gasteiger partial charge on any atom is 0.273 e. The average Bonchev–Trinajstić information content (AvgIpc) is 2.72. The van der Waals surface area contributed by atoms with E-state index in [1.807, 2.05) is 24.3 Å². The zero-order chi connectivity index (χ0) is 19.3. The predicted octanol–water partition coefficient (Wildman–Crippen LogP) is 4.71. The Balaban J connectivity index is 1.87. The lowest BCUT2D eigenvalue weighted by Gasteiger charge is -2.34. The summed E-state index contributed by atoms with van der Waals surface area (Å²) in [7, 11) is 0. The quantitative estimate of drug-likeness (QED) is 0.521. The van der Waals surface area contributed by atoms with Crippen molar-refractivity contribution in [3.63, 3.8) is 0 Å². The van der Waals surface area contributed by atoms with Gasteiger partial charge in [-0.15, -0.1) is 0 Å². The smallest absolute Gasteiger partial charge is 0.273 e. The van der Waals surface area contributed by atoms with Gasteiger partial charge in [0.15, 0.2) is 5.78 Å². The van der Waals surface area contributed by atoms with E-state index < -0.39 is 5.92 Å². The Hall–Kier alpha value is -3.54. The van der Waals surface area contributed by atoms with Crippen LogP contribution in [0.5, 0.6) is 0 Å². The van der Waals surface area contributed by atoms with E-state index in [-0.39, 0.29) is 16.4 Å². The monoisotopic (exact) mass is 371 g/mol. The molecule has 6 nitrogen and oxygen atoms in total. The second kappa shape index (κ2) is 6.27. The molecule has 138 valence electrons. The molecule has 28 heavy (non-hydrogen) atoms. The van der Waals surface area contributed by atoms with E-state index in [0.29, 0.717) is 17.6 Å². The maximum absolute atomic E-state index is 13.0. The van der Waals surface area contributed by atoms with Gasteiger partial charge in [0.05, 0.1) is 10.4 Å². The number of nitro benzene ring substituents is 1. The van der Waals surface area contributed by atoms with Crippen LogP contribution in [-0.2, 0) is 4.79 Å². The fourth-order valence-corrected chi connectivity index (χ4v) is 4.44. The lowest BCUT2D eigenvalue weighted by atomic mass is 9.74. The Morgan fingerprint density at radius 1 is 1.07 bits per heavy atom. The molecule has 1 aromatic heterocycles. The molecule has 0 spiro atoms. The summed E-state index contributed by atoms with van der Waals surface area (Å²) in [5.41, 5.74) is 4.70. The number of hydrogen-bond donors (Lipinski definition) is 1. The molecule has 3 aromatic rings. The van der Waals surface area contributed by atoms with Gasteiger partial charge in [-0.25, -0.2) is 0 Å². The highest BCUT2D eigenvalue weighted by molar-refractivity contribution is 6.03. The number of ketones is 1. The minimum Gasteiger partial charge on any atom is -0.358 e. The number of para-hydroxylation sites is 1. The summed E-state index contributed by atoms with van der Waals surface area (Å²) in [5.74, 6) is -0.419. The average molecular weight is 371 g/mol. The number of rotatable bonds is 2. The SMILES string of the molecule is O=C1CCCC2=C1C(c1ccccc1[N+](=O)[O-])c1c(ccc3ncccc13)N2. The van der Waals surface area contributed by atoms with Crippen molar-refractivity contribution in [3.05, 3.63) is 87.2 Å². The summed E-state index contributed by atoms with van der Waals surface area (Å²) >= 11 is 0. The summed E-state index contributed by atoms with van der Waals surface area (Å²) in [4.78, 5) is 28.8. The molecule has 6 heteroatoms. The number of carbonyl (C=O) groups is 1. The van der Waals surface area contributed by atoms with Crippen LogP contribution in [0.15, 0.2) is 66.0 Å². The van der Waals surface area contributed by atoms with Gasteiger partial charge in [-0.05, 0) is 36.6 Å². The molecule has 0 fully saturated rings. The topological polar surface area (TPSA) is 85.1 Å². The molecule has 0 amide bonds. The zero-order valence-electron chi connectivity index (χ0n) is 15.0. The molecule has 0 bridgehead atoms. The van der Waals surface area contributed by atoms with E-state index in [9.17, 15) is 14.9 Å². The molecule has 1 aliphatic carbocycles. The molecular weight excluding hydrogens is 354 g/mol. The molecule has 2 aliphatic rings. The molecule has 1 N–H and O–H groups in total. The highest BCUT2D eigenvalue weighted by atomic mass is 16.6. The van der Waals surface area contributed by atoms with Crippen molar-refractivity contribution in [3.8, 4) is 0 Å². The molecule has 1 atom stereocenters. The van der Waals surface area contributed by atoms with E-state index in [2.05, 4.69) is 10.3 Å². The van der Waals surface area contributed by atoms with Gasteiger partial charge in [0.2, 0.25) is 0 Å². The van der Waals surface area contributed by atoms with E-state index in [1.54, 1.807) is 24.4 Å². The number of Topliss-reactive ketones (excluding diaryl/α,β-unsaturated/α-hetero) is 1. The van der Waals surface area contributed by atoms with E-state index in [4.69, 9.17) is 0 Å². The van der Waals surface area contributed by atoms with Crippen molar-refractivity contribution in [2.45, 2.75) is 25.2 Å². The van der Waals surface area contributed by atoms with Gasteiger partial charge in [0, 0.05) is 52.5 Å². The Morgan fingerprint density at radius 3 is 2.79 bits per heavy atom. The van der Waals surface area contributed by atoms with E-state index in [1.165, 1.54) is 6.07 Å². The molecular formula is C22H17N3O3. The minimum absolute atomic E-state index is 0.0338. The van der Waals surface area contributed by atoms with Crippen LogP contribution in [0.3, 0.4) is 0 Å². The lowest BCUT2D eigenvalue weighted by molar-refractivity contribution is -0.385. The first-order chi connectivity index (χ1) is 13.6. The number of allylic oxidation sites excluding steroid dienone is 2. The van der Waals surface area contributed by atoms with Crippen molar-refractivity contribution in [1.82, 2.24) is 4.98 Å². The molecule has 0 saturated heterocycles. The second-order valence-corrected chi connectivity index (χ2v) is 7.14. The normalized spacial score (nSPS) is 18.4. The summed E-state index contributed by atoms with van der Waals surface area (Å²) in [6.07, 6.45) is 3.75. The minimum atomic E-state index is -0.478. The number of anilines is 1. The Morgan fingerprint density at radius 2 is 1.93 bits per heavy atom. The first-order valence-electron chi connectivity index (χ1n) is 9.29. The van der Waals surface area contributed by atoms with Gasteiger partial charge in [-0.1, -0.05) is 24.3 Å². The van der Waals surface area contributed by atoms with Crippen LogP contribution in [-0.4, -0.2) is 15.7 Å². The number of pyridine rings is 1. The zero-order valence-corrected chi connectivity index (χ0v) is 15.0. The van der Waals surface area contributed by atoms with Gasteiger partial charge in [-0.2, -0.15) is 0 Å². The van der Waals surface area contributed by atoms with Gasteiger partial charge in [-0.3, -0.25) is 19.9 Å². The highest BCUT2D eigenvalue weighted by Crippen LogP contribution is 2.49. The number of carbonyl (C=O) groups excluding carboxylic acids is 1. The van der Waals surface area contributed by atoms with E-state index in [0.717, 1.165) is 40.7 Å². The van der Waals surface area contributed by atoms with E-state index >= 15 is 0 Å². The third kappa shape index (κ3) is 2.41. The molecule has 2 aromatic carbocycles. The summed E-state index contributed by atoms with van der Waals surface area (Å²) in [5, 5.41) is 16.1. The summed E-state index contributed by atoms with van der Waals surface area (Å²) < 4.78 is 0. The number of nitrogens with zero attached hydrogens (tertiary/aromatic N) is 2. The number of benzene rings is 2. The standard InChI is InChI=1S/C22H17N3O3/c26-19-9-3-7-16-22(19)21(14-5-1-2-8-18(14)25(27)28)20-13-6-4-12-23-15(13)10-11-17(20)24-16/h1-2,4-6,8,10-12,21,24H,3,7,9H2. The second-order valence-electron chi connectivity index (χ2n) is 7.14. The first-order valence-corrected chi connectivity index (χ1v) is 9.29. The van der Waals surface area contributed by atoms with Crippen LogP contribution in [0.4, 0.5) is 11.4 Å². The Labute approximate surface area is 161 Å². The third-order valence-electron chi connectivity index (χ3n) is 5.59. The number of aromatic nitrogens is 1. The fraction of sp³-hybridized carbons (Fsp3) is 0.182. The third-order valence-corrected chi connectivity index (χ3v) is 5.59. The first kappa shape index (κ1) is 16.6. The molecule has 0 saturated carbocycles. The summed E-state index contributed by atoms with van der Waals surface area (Å²) in [6, 6.07) is 14.4. The largest absolute Gasteiger partial charge is 0.358 e. The molecule has 2 heterocycles. The van der Waals surface area contributed by atoms with Crippen LogP contribution >= 0.6 is 0 Å². The van der Waals surface area contributed by atoms with Crippen molar-refractivity contribution in [2.75, 3.05) is 5.32 Å². The van der Waals surface area contributed by atoms with Crippen molar-refractivity contribution in [1.29, 1.82) is 0 Å². The van der Waals surface area contributed by atoms with Gasteiger partial charge in [0.25, 0.3) is 5.69 Å². The van der Waals surface area contributed by atoms with Gasteiger partial charge in [0.1, 0.15) is 0 Å². The van der Waals surface area contributed by atoms with Crippen LogP contribution in [0.2, 0.25) is 0 Å². The maximum atomic E-state index is 13.0. The number of nitrogens with one attached hydrogen (secondary N) is 1. The highest BCUT2D eigenvalue weighted by Gasteiger charge is 2.38. The number of nitro groups is 1. The van der Waals surface area contributed by atoms with Crippen molar-refractivity contribution in [2.24, 2.45) is 0 Å². The van der Waals surface area contributed by atoms with Crippen LogP contribution in [0.25, 0.3) is 10.9 Å². The molecule has 5 rings (SSSR count). The van der Waals surface area contributed by atoms with Crippen molar-refractivity contribution < 1.29 is 9.72 Å². The van der Waals surface area contributed by atoms with Gasteiger partial charge < -0.3 is 5.32 Å². The van der Waals surface area contributed by atoms with Gasteiger partial charge >= 0.3 is 0 Å². The lowest BCUT2D eigenvalue weighted by Crippen LogP contribution is -2.27. The van der Waals surface area contributed by atoms with Crippen LogP contribution in [0.1, 0.15) is 36.3 Å². The Kier molecular flexibility index (Phi) is 3.72. The van der Waals surface area contributed by atoms with Crippen LogP contribution < -0.4 is 5.32 Å².